The number of hydrogen-bond acceptors (Lipinski definition) is 5. The molecule has 0 fully saturated rings. The highest BCUT2D eigenvalue weighted by molar-refractivity contribution is 5.95. The monoisotopic (exact) mass is 379 g/mol. The van der Waals surface area contributed by atoms with Gasteiger partial charge in [0.25, 0.3) is 11.6 Å². The maximum absolute atomic E-state index is 12.4. The van der Waals surface area contributed by atoms with Gasteiger partial charge in [0.15, 0.2) is 0 Å². The molecule has 0 saturated carbocycles. The van der Waals surface area contributed by atoms with Gasteiger partial charge in [-0.15, -0.1) is 0 Å². The van der Waals surface area contributed by atoms with Crippen LogP contribution in [0.3, 0.4) is 0 Å². The highest BCUT2D eigenvalue weighted by Gasteiger charge is 2.17. The van der Waals surface area contributed by atoms with Crippen molar-refractivity contribution in [3.05, 3.63) is 86.7 Å². The van der Waals surface area contributed by atoms with Crippen molar-refractivity contribution in [2.75, 3.05) is 5.73 Å². The molecule has 0 aliphatic carbocycles. The van der Waals surface area contributed by atoms with E-state index in [9.17, 15) is 14.9 Å². The molecule has 0 spiro atoms. The van der Waals surface area contributed by atoms with Crippen LogP contribution in [0, 0.1) is 24.0 Å². The summed E-state index contributed by atoms with van der Waals surface area (Å²) in [5, 5.41) is 18.4. The predicted octanol–water partition coefficient (Wildman–Crippen LogP) is 2.97. The zero-order chi connectivity index (χ0) is 20.3. The Labute approximate surface area is 162 Å². The molecular formula is C20H21N5O3. The van der Waals surface area contributed by atoms with E-state index in [0.717, 1.165) is 22.5 Å². The third-order valence-electron chi connectivity index (χ3n) is 4.62. The molecule has 28 heavy (non-hydrogen) atoms. The Hall–Kier alpha value is -3.68. The summed E-state index contributed by atoms with van der Waals surface area (Å²) in [6.45, 7) is 4.78. The third kappa shape index (κ3) is 4.01. The molecular weight excluding hydrogens is 358 g/mol. The molecule has 3 rings (SSSR count). The number of aryl methyl sites for hydroxylation is 1. The number of nitro groups is 1. The fourth-order valence-electron chi connectivity index (χ4n) is 3.01. The first-order chi connectivity index (χ1) is 13.4. The number of rotatable bonds is 6. The van der Waals surface area contributed by atoms with Crippen LogP contribution in [0.1, 0.15) is 32.9 Å². The SMILES string of the molecule is Cc1nn(Cc2ccccc2)c(C)c1CNC(=O)c1ccc(N)c([N+](=O)[O-])c1. The molecule has 0 aliphatic rings. The molecule has 3 aromatic rings. The fourth-order valence-corrected chi connectivity index (χ4v) is 3.01. The summed E-state index contributed by atoms with van der Waals surface area (Å²) in [5.74, 6) is -0.405. The maximum Gasteiger partial charge on any atom is 0.292 e. The summed E-state index contributed by atoms with van der Waals surface area (Å²) < 4.78 is 1.90. The summed E-state index contributed by atoms with van der Waals surface area (Å²) in [7, 11) is 0. The summed E-state index contributed by atoms with van der Waals surface area (Å²) in [4.78, 5) is 22.8. The maximum atomic E-state index is 12.4. The molecule has 0 radical (unpaired) electrons. The first kappa shape index (κ1) is 19.1. The second-order valence-electron chi connectivity index (χ2n) is 6.51. The number of carbonyl (C=O) groups excluding carboxylic acids is 1. The van der Waals surface area contributed by atoms with Crippen LogP contribution in [-0.2, 0) is 13.1 Å². The molecule has 8 nitrogen and oxygen atoms in total. The lowest BCUT2D eigenvalue weighted by molar-refractivity contribution is -0.383. The van der Waals surface area contributed by atoms with Crippen LogP contribution in [0.15, 0.2) is 48.5 Å². The number of benzene rings is 2. The Morgan fingerprint density at radius 3 is 2.61 bits per heavy atom. The van der Waals surface area contributed by atoms with E-state index in [1.54, 1.807) is 0 Å². The lowest BCUT2D eigenvalue weighted by atomic mass is 10.1. The van der Waals surface area contributed by atoms with E-state index < -0.39 is 10.8 Å². The van der Waals surface area contributed by atoms with Gasteiger partial charge in [-0.2, -0.15) is 5.10 Å². The average Bonchev–Trinajstić information content (AvgIpc) is 2.93. The topological polar surface area (TPSA) is 116 Å². The van der Waals surface area contributed by atoms with Crippen molar-refractivity contribution < 1.29 is 9.72 Å². The van der Waals surface area contributed by atoms with E-state index in [1.807, 2.05) is 48.9 Å². The van der Waals surface area contributed by atoms with Crippen LogP contribution in [0.5, 0.6) is 0 Å². The summed E-state index contributed by atoms with van der Waals surface area (Å²) in [6.07, 6.45) is 0. The van der Waals surface area contributed by atoms with Crippen molar-refractivity contribution in [3.8, 4) is 0 Å². The molecule has 1 heterocycles. The Morgan fingerprint density at radius 1 is 1.21 bits per heavy atom. The molecule has 0 atom stereocenters. The predicted molar refractivity (Wildman–Crippen MR) is 106 cm³/mol. The van der Waals surface area contributed by atoms with Gasteiger partial charge in [0.2, 0.25) is 0 Å². The zero-order valence-corrected chi connectivity index (χ0v) is 15.7. The van der Waals surface area contributed by atoms with Crippen LogP contribution in [-0.4, -0.2) is 20.6 Å². The Bertz CT molecular complexity index is 1030. The Balaban J connectivity index is 1.73. The zero-order valence-electron chi connectivity index (χ0n) is 15.7. The van der Waals surface area contributed by atoms with Gasteiger partial charge in [0, 0.05) is 29.4 Å². The molecule has 144 valence electrons. The molecule has 1 amide bonds. The van der Waals surface area contributed by atoms with E-state index in [0.29, 0.717) is 6.54 Å². The summed E-state index contributed by atoms with van der Waals surface area (Å²) in [5.41, 5.74) is 9.36. The van der Waals surface area contributed by atoms with Crippen LogP contribution in [0.4, 0.5) is 11.4 Å². The molecule has 0 unspecified atom stereocenters. The molecule has 0 aliphatic heterocycles. The van der Waals surface area contributed by atoms with E-state index >= 15 is 0 Å². The number of aromatic nitrogens is 2. The largest absolute Gasteiger partial charge is 0.393 e. The normalized spacial score (nSPS) is 10.6. The molecule has 8 heteroatoms. The number of carbonyl (C=O) groups is 1. The number of nitrogens with zero attached hydrogens (tertiary/aromatic N) is 3. The van der Waals surface area contributed by atoms with E-state index in [-0.39, 0.29) is 23.5 Å². The number of nitrogens with one attached hydrogen (secondary N) is 1. The second-order valence-corrected chi connectivity index (χ2v) is 6.51. The van der Waals surface area contributed by atoms with Crippen molar-refractivity contribution in [2.24, 2.45) is 0 Å². The van der Waals surface area contributed by atoms with Crippen LogP contribution >= 0.6 is 0 Å². The number of nitrogen functional groups attached to an aromatic ring is 1. The van der Waals surface area contributed by atoms with Crippen molar-refractivity contribution in [3.63, 3.8) is 0 Å². The lowest BCUT2D eigenvalue weighted by Crippen LogP contribution is -2.23. The van der Waals surface area contributed by atoms with Crippen molar-refractivity contribution in [2.45, 2.75) is 26.9 Å². The van der Waals surface area contributed by atoms with Crippen LogP contribution < -0.4 is 11.1 Å². The van der Waals surface area contributed by atoms with Crippen LogP contribution in [0.25, 0.3) is 0 Å². The minimum Gasteiger partial charge on any atom is -0.393 e. The molecule has 1 aromatic heterocycles. The number of anilines is 1. The second kappa shape index (κ2) is 7.91. The van der Waals surface area contributed by atoms with Crippen LogP contribution in [0.2, 0.25) is 0 Å². The minimum absolute atomic E-state index is 0.0235. The number of nitro benzene ring substituents is 1. The molecule has 3 N–H and O–H groups in total. The highest BCUT2D eigenvalue weighted by Crippen LogP contribution is 2.22. The van der Waals surface area contributed by atoms with Crippen molar-refractivity contribution in [1.82, 2.24) is 15.1 Å². The van der Waals surface area contributed by atoms with Gasteiger partial charge in [-0.25, -0.2) is 0 Å². The number of nitrogens with two attached hydrogens (primary N) is 1. The summed E-state index contributed by atoms with van der Waals surface area (Å²) in [6, 6.07) is 14.0. The average molecular weight is 379 g/mol. The van der Waals surface area contributed by atoms with Gasteiger partial charge >= 0.3 is 0 Å². The van der Waals surface area contributed by atoms with E-state index in [1.165, 1.54) is 18.2 Å². The van der Waals surface area contributed by atoms with Gasteiger partial charge in [-0.3, -0.25) is 19.6 Å². The van der Waals surface area contributed by atoms with Gasteiger partial charge in [-0.05, 0) is 31.5 Å². The van der Waals surface area contributed by atoms with Gasteiger partial charge in [0.1, 0.15) is 5.69 Å². The fraction of sp³-hybridized carbons (Fsp3) is 0.200. The highest BCUT2D eigenvalue weighted by atomic mass is 16.6. The van der Waals surface area contributed by atoms with E-state index in [2.05, 4.69) is 10.4 Å². The molecule has 2 aromatic carbocycles. The number of hydrogen-bond donors (Lipinski definition) is 2. The first-order valence-corrected chi connectivity index (χ1v) is 8.75. The first-order valence-electron chi connectivity index (χ1n) is 8.75. The number of amides is 1. The Kier molecular flexibility index (Phi) is 5.39. The third-order valence-corrected chi connectivity index (χ3v) is 4.62. The van der Waals surface area contributed by atoms with Crippen molar-refractivity contribution in [1.29, 1.82) is 0 Å². The quantitative estimate of drug-likeness (QED) is 0.388. The van der Waals surface area contributed by atoms with Gasteiger partial charge in [0.05, 0.1) is 17.2 Å². The van der Waals surface area contributed by atoms with Gasteiger partial charge < -0.3 is 11.1 Å². The summed E-state index contributed by atoms with van der Waals surface area (Å²) >= 11 is 0. The van der Waals surface area contributed by atoms with Crippen molar-refractivity contribution >= 4 is 17.3 Å². The Morgan fingerprint density at radius 2 is 1.93 bits per heavy atom. The van der Waals surface area contributed by atoms with E-state index in [4.69, 9.17) is 5.73 Å². The molecule has 0 bridgehead atoms. The van der Waals surface area contributed by atoms with Gasteiger partial charge in [-0.1, -0.05) is 30.3 Å². The lowest BCUT2D eigenvalue weighted by Gasteiger charge is -2.08. The minimum atomic E-state index is -0.603. The molecule has 0 saturated heterocycles. The standard InChI is InChI=1S/C20H21N5O3/c1-13-17(14(2)24(23-13)12-15-6-4-3-5-7-15)11-22-20(26)16-8-9-18(21)19(10-16)25(27)28/h3-10H,11-12,21H2,1-2H3,(H,22,26). The smallest absolute Gasteiger partial charge is 0.292 e.